The molecule has 0 aliphatic heterocycles. The van der Waals surface area contributed by atoms with Crippen LogP contribution in [-0.4, -0.2) is 42.6 Å². The van der Waals surface area contributed by atoms with Crippen molar-refractivity contribution in [2.75, 3.05) is 26.0 Å². The number of hydroxylamine groups is 2. The van der Waals surface area contributed by atoms with Crippen molar-refractivity contribution in [3.63, 3.8) is 0 Å². The van der Waals surface area contributed by atoms with Crippen LogP contribution >= 0.6 is 0 Å². The van der Waals surface area contributed by atoms with Gasteiger partial charge in [0.25, 0.3) is 0 Å². The van der Waals surface area contributed by atoms with Crippen molar-refractivity contribution in [2.24, 2.45) is 4.99 Å². The van der Waals surface area contributed by atoms with Crippen LogP contribution in [0, 0.1) is 0 Å². The number of anilines is 1. The van der Waals surface area contributed by atoms with Gasteiger partial charge in [-0.3, -0.25) is 15.3 Å². The summed E-state index contributed by atoms with van der Waals surface area (Å²) in [6.07, 6.45) is 0.874. The quantitative estimate of drug-likeness (QED) is 0.484. The number of aliphatic imine (C=N–C) groups is 1. The van der Waals surface area contributed by atoms with Crippen LogP contribution in [0.2, 0.25) is 0 Å². The highest BCUT2D eigenvalue weighted by Crippen LogP contribution is 2.34. The van der Waals surface area contributed by atoms with Crippen molar-refractivity contribution in [3.8, 4) is 0 Å². The maximum Gasteiger partial charge on any atom is 0.417 e. The van der Waals surface area contributed by atoms with E-state index >= 15 is 0 Å². The Hall–Kier alpha value is -2.42. The Balaban J connectivity index is 0.000000823. The van der Waals surface area contributed by atoms with Crippen molar-refractivity contribution in [1.29, 1.82) is 0 Å². The lowest BCUT2D eigenvalue weighted by Crippen LogP contribution is -2.13. The van der Waals surface area contributed by atoms with Crippen LogP contribution in [0.5, 0.6) is 0 Å². The molecular formula is C16H22F4N4O. The van der Waals surface area contributed by atoms with Gasteiger partial charge in [-0.25, -0.2) is 9.37 Å². The summed E-state index contributed by atoms with van der Waals surface area (Å²) in [5.74, 6) is 0.396. The summed E-state index contributed by atoms with van der Waals surface area (Å²) in [4.78, 5) is 9.52. The molecule has 0 bridgehead atoms. The van der Waals surface area contributed by atoms with Crippen LogP contribution in [0.3, 0.4) is 0 Å². The van der Waals surface area contributed by atoms with Crippen LogP contribution < -0.4 is 4.90 Å². The monoisotopic (exact) mass is 362 g/mol. The first-order valence-corrected chi connectivity index (χ1v) is 7.13. The molecule has 1 aromatic rings. The smallest absolute Gasteiger partial charge is 0.361 e. The minimum Gasteiger partial charge on any atom is -0.361 e. The highest BCUT2D eigenvalue weighted by Gasteiger charge is 2.31. The van der Waals surface area contributed by atoms with Gasteiger partial charge >= 0.3 is 6.18 Å². The molecule has 0 radical (unpaired) electrons. The second-order valence-electron chi connectivity index (χ2n) is 5.10. The van der Waals surface area contributed by atoms with Gasteiger partial charge < -0.3 is 4.90 Å². The van der Waals surface area contributed by atoms with E-state index in [1.165, 1.54) is 13.3 Å². The zero-order chi connectivity index (χ0) is 19.6. The van der Waals surface area contributed by atoms with Gasteiger partial charge in [0.15, 0.2) is 5.82 Å². The average Bonchev–Trinajstić information content (AvgIpc) is 2.51. The molecular weight excluding hydrogens is 340 g/mol. The highest BCUT2D eigenvalue weighted by molar-refractivity contribution is 5.82. The second kappa shape index (κ2) is 10.4. The molecule has 0 unspecified atom stereocenters. The van der Waals surface area contributed by atoms with Gasteiger partial charge in [0.05, 0.1) is 11.8 Å². The lowest BCUT2D eigenvalue weighted by Gasteiger charge is -2.15. The van der Waals surface area contributed by atoms with E-state index in [4.69, 9.17) is 5.21 Å². The lowest BCUT2D eigenvalue weighted by atomic mass is 10.2. The summed E-state index contributed by atoms with van der Waals surface area (Å²) >= 11 is 0. The third-order valence-corrected chi connectivity index (χ3v) is 2.73. The van der Waals surface area contributed by atoms with Gasteiger partial charge in [0.2, 0.25) is 0 Å². The molecule has 0 saturated carbocycles. The first-order chi connectivity index (χ1) is 11.5. The highest BCUT2D eigenvalue weighted by atomic mass is 19.4. The Labute approximate surface area is 144 Å². The maximum absolute atomic E-state index is 12.6. The zero-order valence-electron chi connectivity index (χ0n) is 14.7. The zero-order valence-corrected chi connectivity index (χ0v) is 14.7. The van der Waals surface area contributed by atoms with Gasteiger partial charge in [-0.15, -0.1) is 0 Å². The maximum atomic E-state index is 12.6. The SMILES string of the molecule is C/C=C(\C)C=Nc1cc(C(F)(F)F)cnc1N(C)C.CN(O)/C=C/F. The standard InChI is InChI=1S/C13H16F3N3.C3H6FNO/c1-5-9(2)7-17-11-6-10(13(14,15)16)8-18-12(11)19(3)4;1-5(6)3-2-4/h5-8H,1-4H3;2-3,6H,1H3/b9-5+,17-7?;3-2+. The van der Waals surface area contributed by atoms with Gasteiger partial charge in [-0.1, -0.05) is 6.08 Å². The van der Waals surface area contributed by atoms with Crippen molar-refractivity contribution in [2.45, 2.75) is 20.0 Å². The van der Waals surface area contributed by atoms with Crippen molar-refractivity contribution in [1.82, 2.24) is 10.0 Å². The van der Waals surface area contributed by atoms with Gasteiger partial charge in [-0.05, 0) is 25.5 Å². The number of allylic oxidation sites excluding steroid dienone is 2. The van der Waals surface area contributed by atoms with E-state index in [-0.39, 0.29) is 12.0 Å². The Kier molecular flexibility index (Phi) is 9.43. The van der Waals surface area contributed by atoms with Crippen molar-refractivity contribution >= 4 is 17.7 Å². The van der Waals surface area contributed by atoms with E-state index in [2.05, 4.69) is 9.98 Å². The molecule has 1 heterocycles. The molecule has 1 rings (SSSR count). The van der Waals surface area contributed by atoms with Crippen LogP contribution in [0.4, 0.5) is 29.1 Å². The topological polar surface area (TPSA) is 52.0 Å². The lowest BCUT2D eigenvalue weighted by molar-refractivity contribution is -0.137. The molecule has 140 valence electrons. The molecule has 0 aromatic carbocycles. The molecule has 0 amide bonds. The number of hydrogen-bond acceptors (Lipinski definition) is 5. The molecule has 1 N–H and O–H groups in total. The predicted molar refractivity (Wildman–Crippen MR) is 90.9 cm³/mol. The predicted octanol–water partition coefficient (Wildman–Crippen LogP) is 4.58. The molecule has 5 nitrogen and oxygen atoms in total. The first kappa shape index (κ1) is 22.6. The summed E-state index contributed by atoms with van der Waals surface area (Å²) < 4.78 is 48.8. The Morgan fingerprint density at radius 3 is 2.24 bits per heavy atom. The number of alkyl halides is 3. The number of nitrogens with zero attached hydrogens (tertiary/aromatic N) is 4. The van der Waals surface area contributed by atoms with E-state index in [0.29, 0.717) is 10.9 Å². The molecule has 0 aliphatic carbocycles. The fourth-order valence-corrected chi connectivity index (χ4v) is 1.37. The molecule has 0 aliphatic rings. The van der Waals surface area contributed by atoms with Crippen LogP contribution in [0.15, 0.2) is 41.4 Å². The summed E-state index contributed by atoms with van der Waals surface area (Å²) in [5, 5.41) is 8.68. The first-order valence-electron chi connectivity index (χ1n) is 7.13. The van der Waals surface area contributed by atoms with E-state index in [9.17, 15) is 17.6 Å². The molecule has 0 saturated heterocycles. The van der Waals surface area contributed by atoms with Crippen molar-refractivity contribution in [3.05, 3.63) is 42.0 Å². The van der Waals surface area contributed by atoms with Gasteiger partial charge in [0.1, 0.15) is 12.0 Å². The summed E-state index contributed by atoms with van der Waals surface area (Å²) in [6.45, 7) is 3.65. The van der Waals surface area contributed by atoms with Crippen LogP contribution in [0.25, 0.3) is 0 Å². The van der Waals surface area contributed by atoms with E-state index in [0.717, 1.165) is 24.0 Å². The Morgan fingerprint density at radius 2 is 1.88 bits per heavy atom. The summed E-state index contributed by atoms with van der Waals surface area (Å²) in [5.41, 5.74) is 0.256. The number of pyridine rings is 1. The third kappa shape index (κ3) is 8.85. The summed E-state index contributed by atoms with van der Waals surface area (Å²) in [6, 6.07) is 1.00. The minimum absolute atomic E-state index is 0.195. The van der Waals surface area contributed by atoms with Crippen LogP contribution in [0.1, 0.15) is 19.4 Å². The van der Waals surface area contributed by atoms with Crippen molar-refractivity contribution < 1.29 is 22.8 Å². The Morgan fingerprint density at radius 1 is 1.28 bits per heavy atom. The number of hydrogen-bond donors (Lipinski definition) is 1. The fraction of sp³-hybridized carbons (Fsp3) is 0.375. The van der Waals surface area contributed by atoms with E-state index in [1.807, 2.05) is 19.9 Å². The number of rotatable bonds is 4. The van der Waals surface area contributed by atoms with Gasteiger partial charge in [-0.2, -0.15) is 13.2 Å². The fourth-order valence-electron chi connectivity index (χ4n) is 1.37. The molecule has 0 spiro atoms. The minimum atomic E-state index is -4.42. The number of halogens is 4. The van der Waals surface area contributed by atoms with E-state index in [1.54, 1.807) is 19.0 Å². The molecule has 1 aromatic heterocycles. The second-order valence-corrected chi connectivity index (χ2v) is 5.10. The number of aromatic nitrogens is 1. The molecule has 0 atom stereocenters. The largest absolute Gasteiger partial charge is 0.417 e. The molecule has 25 heavy (non-hydrogen) atoms. The summed E-state index contributed by atoms with van der Waals surface area (Å²) in [7, 11) is 4.73. The van der Waals surface area contributed by atoms with Gasteiger partial charge in [0, 0.05) is 33.6 Å². The average molecular weight is 362 g/mol. The normalized spacial score (nSPS) is 12.3. The van der Waals surface area contributed by atoms with E-state index < -0.39 is 11.7 Å². The third-order valence-electron chi connectivity index (χ3n) is 2.73. The van der Waals surface area contributed by atoms with Crippen LogP contribution in [-0.2, 0) is 6.18 Å². The molecule has 0 fully saturated rings. The molecule has 9 heteroatoms. The Bertz CT molecular complexity index is 623.